The van der Waals surface area contributed by atoms with Gasteiger partial charge in [0.25, 0.3) is 0 Å². The summed E-state index contributed by atoms with van der Waals surface area (Å²) in [6.45, 7) is 4.44. The Morgan fingerprint density at radius 1 is 1.41 bits per heavy atom. The van der Waals surface area contributed by atoms with Crippen molar-refractivity contribution in [2.24, 2.45) is 5.73 Å². The highest BCUT2D eigenvalue weighted by Gasteiger charge is 2.34. The number of nitrogens with two attached hydrogens (primary N) is 1. The minimum absolute atomic E-state index is 0.0976. The van der Waals surface area contributed by atoms with Crippen molar-refractivity contribution < 1.29 is 9.47 Å². The second-order valence-electron chi connectivity index (χ2n) is 4.99. The molecule has 0 fully saturated rings. The van der Waals surface area contributed by atoms with Crippen LogP contribution in [0, 0.1) is 18.3 Å². The molecule has 0 saturated carbocycles. The second-order valence-corrected chi connectivity index (χ2v) is 4.99. The van der Waals surface area contributed by atoms with Gasteiger partial charge in [0.1, 0.15) is 17.4 Å². The summed E-state index contributed by atoms with van der Waals surface area (Å²) in [5.74, 6) is 1.02. The fourth-order valence-electron chi connectivity index (χ4n) is 2.66. The summed E-state index contributed by atoms with van der Waals surface area (Å²) in [7, 11) is 0. The summed E-state index contributed by atoms with van der Waals surface area (Å²) in [5, 5.41) is 16.4. The maximum atomic E-state index is 9.46. The lowest BCUT2D eigenvalue weighted by Gasteiger charge is -2.23. The van der Waals surface area contributed by atoms with E-state index in [2.05, 4.69) is 16.3 Å². The van der Waals surface area contributed by atoms with Crippen LogP contribution >= 0.6 is 0 Å². The average Bonchev–Trinajstić information content (AvgIpc) is 2.88. The Morgan fingerprint density at radius 2 is 2.14 bits per heavy atom. The Hall–Kier alpha value is -2.94. The third kappa shape index (κ3) is 2.17. The van der Waals surface area contributed by atoms with Crippen molar-refractivity contribution in [2.75, 3.05) is 6.61 Å². The van der Waals surface area contributed by atoms with Crippen LogP contribution in [0.5, 0.6) is 11.6 Å². The van der Waals surface area contributed by atoms with Crippen LogP contribution in [0.15, 0.2) is 35.7 Å². The molecule has 0 amide bonds. The van der Waals surface area contributed by atoms with Gasteiger partial charge in [-0.15, -0.1) is 5.10 Å². The first-order valence-electron chi connectivity index (χ1n) is 7.01. The molecule has 0 radical (unpaired) electrons. The van der Waals surface area contributed by atoms with Crippen molar-refractivity contribution in [3.8, 4) is 17.7 Å². The molecule has 2 aromatic rings. The van der Waals surface area contributed by atoms with Crippen molar-refractivity contribution in [1.29, 1.82) is 5.26 Å². The van der Waals surface area contributed by atoms with Gasteiger partial charge in [0.2, 0.25) is 11.8 Å². The van der Waals surface area contributed by atoms with E-state index in [9.17, 15) is 5.26 Å². The van der Waals surface area contributed by atoms with Crippen molar-refractivity contribution in [1.82, 2.24) is 10.2 Å². The van der Waals surface area contributed by atoms with Crippen molar-refractivity contribution >= 4 is 0 Å². The normalized spacial score (nSPS) is 16.7. The predicted molar refractivity (Wildman–Crippen MR) is 80.2 cm³/mol. The standard InChI is InChI=1S/C16H16N4O2/c1-3-21-11-6-4-10(5-7-11)14-12(8-17)15(18)22-16-13(14)9(2)19-20-16/h4-7,14H,3,18H2,1-2H3,(H,19,20)/t14-/m1/s1. The average molecular weight is 296 g/mol. The zero-order valence-corrected chi connectivity index (χ0v) is 12.4. The van der Waals surface area contributed by atoms with Gasteiger partial charge in [-0.05, 0) is 31.5 Å². The van der Waals surface area contributed by atoms with Crippen LogP contribution in [0.4, 0.5) is 0 Å². The molecule has 0 spiro atoms. The third-order valence-electron chi connectivity index (χ3n) is 3.65. The van der Waals surface area contributed by atoms with Gasteiger partial charge in [-0.1, -0.05) is 12.1 Å². The number of hydrogen-bond acceptors (Lipinski definition) is 5. The van der Waals surface area contributed by atoms with Gasteiger partial charge in [-0.25, -0.2) is 0 Å². The monoisotopic (exact) mass is 296 g/mol. The molecule has 1 aliphatic heterocycles. The predicted octanol–water partition coefficient (Wildman–Crippen LogP) is 2.33. The molecule has 22 heavy (non-hydrogen) atoms. The topological polar surface area (TPSA) is 96.9 Å². The Labute approximate surface area is 128 Å². The second kappa shape index (κ2) is 5.45. The van der Waals surface area contributed by atoms with Crippen LogP contribution in [-0.2, 0) is 0 Å². The zero-order valence-electron chi connectivity index (χ0n) is 12.4. The van der Waals surface area contributed by atoms with Gasteiger partial charge in [0.15, 0.2) is 0 Å². The summed E-state index contributed by atoms with van der Waals surface area (Å²) >= 11 is 0. The molecule has 2 heterocycles. The van der Waals surface area contributed by atoms with Gasteiger partial charge < -0.3 is 15.2 Å². The molecule has 6 heteroatoms. The van der Waals surface area contributed by atoms with Crippen molar-refractivity contribution in [3.05, 3.63) is 52.5 Å². The molecule has 1 aromatic heterocycles. The van der Waals surface area contributed by atoms with E-state index in [0.29, 0.717) is 18.1 Å². The first-order chi connectivity index (χ1) is 10.7. The van der Waals surface area contributed by atoms with Crippen LogP contribution in [0.1, 0.15) is 29.7 Å². The van der Waals surface area contributed by atoms with Crippen LogP contribution in [0.2, 0.25) is 0 Å². The van der Waals surface area contributed by atoms with Gasteiger partial charge in [-0.2, -0.15) is 5.26 Å². The summed E-state index contributed by atoms with van der Waals surface area (Å²) in [6, 6.07) is 9.79. The highest BCUT2D eigenvalue weighted by Crippen LogP contribution is 2.42. The van der Waals surface area contributed by atoms with E-state index in [-0.39, 0.29) is 11.8 Å². The Balaban J connectivity index is 2.10. The SMILES string of the molecule is CCOc1ccc([C@@H]2C(C#N)=C(N)Oc3n[nH]c(C)c32)cc1. The van der Waals surface area contributed by atoms with Crippen molar-refractivity contribution in [2.45, 2.75) is 19.8 Å². The zero-order chi connectivity index (χ0) is 15.7. The maximum Gasteiger partial charge on any atom is 0.244 e. The molecule has 1 aliphatic rings. The number of hydrogen-bond donors (Lipinski definition) is 2. The van der Waals surface area contributed by atoms with Gasteiger partial charge in [0.05, 0.1) is 12.5 Å². The molecule has 3 rings (SSSR count). The van der Waals surface area contributed by atoms with Gasteiger partial charge >= 0.3 is 0 Å². The van der Waals surface area contributed by atoms with E-state index < -0.39 is 0 Å². The number of nitrogens with one attached hydrogen (secondary N) is 1. The van der Waals surface area contributed by atoms with E-state index in [4.69, 9.17) is 15.2 Å². The summed E-state index contributed by atoms with van der Waals surface area (Å²) in [5.41, 5.74) is 8.91. The molecule has 0 aliphatic carbocycles. The quantitative estimate of drug-likeness (QED) is 0.906. The maximum absolute atomic E-state index is 9.46. The van der Waals surface area contributed by atoms with Crippen LogP contribution in [0.25, 0.3) is 0 Å². The number of nitriles is 1. The number of allylic oxidation sites excluding steroid dienone is 1. The summed E-state index contributed by atoms with van der Waals surface area (Å²) in [4.78, 5) is 0. The highest BCUT2D eigenvalue weighted by atomic mass is 16.5. The van der Waals surface area contributed by atoms with E-state index in [0.717, 1.165) is 22.6 Å². The van der Waals surface area contributed by atoms with Gasteiger partial charge in [0, 0.05) is 11.3 Å². The van der Waals surface area contributed by atoms with E-state index in [1.807, 2.05) is 38.1 Å². The molecular weight excluding hydrogens is 280 g/mol. The smallest absolute Gasteiger partial charge is 0.244 e. The minimum atomic E-state index is -0.289. The first kappa shape index (κ1) is 14.0. The molecule has 0 saturated heterocycles. The Bertz CT molecular complexity index is 768. The highest BCUT2D eigenvalue weighted by molar-refractivity contribution is 5.55. The van der Waals surface area contributed by atoms with E-state index >= 15 is 0 Å². The van der Waals surface area contributed by atoms with Crippen LogP contribution in [0.3, 0.4) is 0 Å². The number of H-pyrrole nitrogens is 1. The van der Waals surface area contributed by atoms with E-state index in [1.165, 1.54) is 0 Å². The lowest BCUT2D eigenvalue weighted by atomic mass is 9.84. The fraction of sp³-hybridized carbons (Fsp3) is 0.250. The number of aryl methyl sites for hydroxylation is 1. The molecule has 0 unspecified atom stereocenters. The van der Waals surface area contributed by atoms with Crippen LogP contribution in [-0.4, -0.2) is 16.8 Å². The molecular formula is C16H16N4O2. The Morgan fingerprint density at radius 3 is 2.77 bits per heavy atom. The number of aromatic nitrogens is 2. The summed E-state index contributed by atoms with van der Waals surface area (Å²) in [6.07, 6.45) is 0. The number of nitrogens with zero attached hydrogens (tertiary/aromatic N) is 2. The molecule has 0 bridgehead atoms. The molecule has 6 nitrogen and oxygen atoms in total. The number of rotatable bonds is 3. The van der Waals surface area contributed by atoms with E-state index in [1.54, 1.807) is 0 Å². The molecule has 112 valence electrons. The van der Waals surface area contributed by atoms with Crippen molar-refractivity contribution in [3.63, 3.8) is 0 Å². The number of benzene rings is 1. The molecule has 3 N–H and O–H groups in total. The largest absolute Gasteiger partial charge is 0.494 e. The number of fused-ring (bicyclic) bond motifs is 1. The summed E-state index contributed by atoms with van der Waals surface area (Å²) < 4.78 is 10.9. The van der Waals surface area contributed by atoms with Crippen LogP contribution < -0.4 is 15.2 Å². The number of aromatic amines is 1. The van der Waals surface area contributed by atoms with Gasteiger partial charge in [-0.3, -0.25) is 5.10 Å². The lowest BCUT2D eigenvalue weighted by Crippen LogP contribution is -2.21. The first-order valence-corrected chi connectivity index (χ1v) is 7.01. The minimum Gasteiger partial charge on any atom is -0.494 e. The molecule has 1 aromatic carbocycles. The fourth-order valence-corrected chi connectivity index (χ4v) is 2.66. The number of ether oxygens (including phenoxy) is 2. The Kier molecular flexibility index (Phi) is 3.47. The molecule has 1 atom stereocenters. The third-order valence-corrected chi connectivity index (χ3v) is 3.65. The lowest BCUT2D eigenvalue weighted by molar-refractivity contribution is 0.340.